The number of aliphatic imine (C=N–C) groups is 1. The Kier molecular flexibility index (Phi) is 7.29. The normalized spacial score (nSPS) is 11.6. The van der Waals surface area contributed by atoms with Crippen molar-refractivity contribution >= 4 is 17.7 Å². The van der Waals surface area contributed by atoms with Crippen molar-refractivity contribution in [3.63, 3.8) is 0 Å². The van der Waals surface area contributed by atoms with Gasteiger partial charge in [0.2, 0.25) is 5.96 Å². The first-order valence-corrected chi connectivity index (χ1v) is 4.00. The molecule has 11 heavy (non-hydrogen) atoms. The van der Waals surface area contributed by atoms with Crippen molar-refractivity contribution in [3.8, 4) is 0 Å². The van der Waals surface area contributed by atoms with Crippen LogP contribution in [0.25, 0.3) is 0 Å². The standard InChI is InChI=1S/C6H15ClN4/c1-9-4-2-3-5-10-6(8)11-7/h9H,2-5H2,1H3,(H3,8,10,11). The summed E-state index contributed by atoms with van der Waals surface area (Å²) in [4.78, 5) is 6.18. The minimum Gasteiger partial charge on any atom is -0.369 e. The molecule has 0 amide bonds. The highest BCUT2D eigenvalue weighted by molar-refractivity contribution is 6.21. The number of nitrogens with one attached hydrogen (secondary N) is 2. The molecule has 0 spiro atoms. The summed E-state index contributed by atoms with van der Waals surface area (Å²) in [5.41, 5.74) is 5.28. The summed E-state index contributed by atoms with van der Waals surface area (Å²) in [6.45, 7) is 1.75. The number of hydrogen-bond acceptors (Lipinski definition) is 2. The lowest BCUT2D eigenvalue weighted by Crippen LogP contribution is -2.23. The molecular weight excluding hydrogens is 164 g/mol. The van der Waals surface area contributed by atoms with Gasteiger partial charge in [0.15, 0.2) is 0 Å². The molecule has 0 saturated heterocycles. The van der Waals surface area contributed by atoms with Gasteiger partial charge < -0.3 is 11.1 Å². The Balaban J connectivity index is 3.12. The molecule has 0 aromatic heterocycles. The van der Waals surface area contributed by atoms with Crippen molar-refractivity contribution in [1.29, 1.82) is 0 Å². The van der Waals surface area contributed by atoms with Crippen molar-refractivity contribution in [2.45, 2.75) is 12.8 Å². The molecule has 0 aromatic rings. The lowest BCUT2D eigenvalue weighted by molar-refractivity contribution is 0.684. The number of unbranched alkanes of at least 4 members (excludes halogenated alkanes) is 1. The fraction of sp³-hybridized carbons (Fsp3) is 0.833. The maximum Gasteiger partial charge on any atom is 0.203 e. The van der Waals surface area contributed by atoms with Crippen molar-refractivity contribution < 1.29 is 0 Å². The SMILES string of the molecule is CNCCCCN=C(N)NCl. The third kappa shape index (κ3) is 7.42. The van der Waals surface area contributed by atoms with Crippen LogP contribution in [-0.2, 0) is 0 Å². The van der Waals surface area contributed by atoms with Crippen molar-refractivity contribution in [2.24, 2.45) is 10.7 Å². The van der Waals surface area contributed by atoms with Gasteiger partial charge in [-0.05, 0) is 26.4 Å². The Morgan fingerprint density at radius 3 is 2.82 bits per heavy atom. The smallest absolute Gasteiger partial charge is 0.203 e. The quantitative estimate of drug-likeness (QED) is 0.241. The van der Waals surface area contributed by atoms with Crippen LogP contribution in [0.3, 0.4) is 0 Å². The van der Waals surface area contributed by atoms with Gasteiger partial charge in [-0.3, -0.25) is 9.83 Å². The van der Waals surface area contributed by atoms with E-state index in [1.54, 1.807) is 0 Å². The lowest BCUT2D eigenvalue weighted by Gasteiger charge is -1.97. The van der Waals surface area contributed by atoms with Gasteiger partial charge in [0, 0.05) is 18.3 Å². The van der Waals surface area contributed by atoms with E-state index in [2.05, 4.69) is 15.1 Å². The molecule has 0 atom stereocenters. The van der Waals surface area contributed by atoms with Gasteiger partial charge in [0.05, 0.1) is 0 Å². The van der Waals surface area contributed by atoms with Gasteiger partial charge >= 0.3 is 0 Å². The summed E-state index contributed by atoms with van der Waals surface area (Å²) in [6, 6.07) is 0. The predicted molar refractivity (Wildman–Crippen MR) is 48.6 cm³/mol. The molecule has 0 radical (unpaired) electrons. The predicted octanol–water partition coefficient (Wildman–Crippen LogP) is 0.0441. The fourth-order valence-corrected chi connectivity index (χ4v) is 0.703. The maximum absolute atomic E-state index is 5.28. The van der Waals surface area contributed by atoms with Crippen molar-refractivity contribution in [2.75, 3.05) is 20.1 Å². The van der Waals surface area contributed by atoms with Crippen LogP contribution in [0, 0.1) is 0 Å². The molecule has 0 saturated carbocycles. The highest BCUT2D eigenvalue weighted by Gasteiger charge is 1.87. The van der Waals surface area contributed by atoms with Crippen LogP contribution in [0.15, 0.2) is 4.99 Å². The molecule has 66 valence electrons. The maximum atomic E-state index is 5.28. The van der Waals surface area contributed by atoms with Crippen LogP contribution < -0.4 is 15.9 Å². The number of halogens is 1. The third-order valence-corrected chi connectivity index (χ3v) is 1.41. The summed E-state index contributed by atoms with van der Waals surface area (Å²) in [7, 11) is 1.93. The van der Waals surface area contributed by atoms with Crippen molar-refractivity contribution in [1.82, 2.24) is 10.2 Å². The number of nitrogens with zero attached hydrogens (tertiary/aromatic N) is 1. The second-order valence-electron chi connectivity index (χ2n) is 2.17. The second-order valence-corrected chi connectivity index (χ2v) is 2.36. The number of hydrogen-bond donors (Lipinski definition) is 3. The molecule has 0 rings (SSSR count). The first-order chi connectivity index (χ1) is 5.31. The summed E-state index contributed by atoms with van der Waals surface area (Å²) in [5, 5.41) is 3.05. The van der Waals surface area contributed by atoms with E-state index in [9.17, 15) is 0 Å². The van der Waals surface area contributed by atoms with Gasteiger partial charge in [-0.15, -0.1) is 0 Å². The summed E-state index contributed by atoms with van der Waals surface area (Å²) < 4.78 is 0. The number of rotatable bonds is 5. The lowest BCUT2D eigenvalue weighted by atomic mass is 10.3. The van der Waals surface area contributed by atoms with Gasteiger partial charge in [0.1, 0.15) is 0 Å². The van der Waals surface area contributed by atoms with E-state index in [0.717, 1.165) is 25.9 Å². The minimum atomic E-state index is 0.288. The topological polar surface area (TPSA) is 62.4 Å². The van der Waals surface area contributed by atoms with Crippen LogP contribution in [0.1, 0.15) is 12.8 Å². The van der Waals surface area contributed by atoms with Crippen molar-refractivity contribution in [3.05, 3.63) is 0 Å². The largest absolute Gasteiger partial charge is 0.369 e. The Labute approximate surface area is 72.3 Å². The Bertz CT molecular complexity index is 115. The molecule has 5 heteroatoms. The first-order valence-electron chi connectivity index (χ1n) is 3.62. The molecule has 0 fully saturated rings. The Morgan fingerprint density at radius 1 is 1.55 bits per heavy atom. The zero-order valence-electron chi connectivity index (χ0n) is 6.73. The molecule has 4 nitrogen and oxygen atoms in total. The van der Waals surface area contributed by atoms with E-state index in [-0.39, 0.29) is 5.96 Å². The van der Waals surface area contributed by atoms with Crippen LogP contribution >= 0.6 is 11.8 Å². The first kappa shape index (κ1) is 10.5. The fourth-order valence-electron chi connectivity index (χ4n) is 0.643. The van der Waals surface area contributed by atoms with E-state index in [1.807, 2.05) is 7.05 Å². The molecule has 0 unspecified atom stereocenters. The van der Waals surface area contributed by atoms with Gasteiger partial charge in [-0.25, -0.2) is 0 Å². The molecule has 0 aliphatic rings. The highest BCUT2D eigenvalue weighted by atomic mass is 35.5. The van der Waals surface area contributed by atoms with E-state index in [0.29, 0.717) is 0 Å². The van der Waals surface area contributed by atoms with E-state index in [4.69, 9.17) is 17.5 Å². The molecule has 0 aliphatic carbocycles. The van der Waals surface area contributed by atoms with Crippen LogP contribution in [0.4, 0.5) is 0 Å². The zero-order chi connectivity index (χ0) is 8.53. The molecular formula is C6H15ClN4. The molecule has 0 aliphatic heterocycles. The average molecular weight is 179 g/mol. The van der Waals surface area contributed by atoms with Crippen LogP contribution in [-0.4, -0.2) is 26.1 Å². The Morgan fingerprint density at radius 2 is 2.27 bits per heavy atom. The highest BCUT2D eigenvalue weighted by Crippen LogP contribution is 1.86. The Hall–Kier alpha value is -0.480. The molecule has 0 bridgehead atoms. The van der Waals surface area contributed by atoms with E-state index >= 15 is 0 Å². The summed E-state index contributed by atoms with van der Waals surface area (Å²) >= 11 is 5.17. The third-order valence-electron chi connectivity index (χ3n) is 1.21. The van der Waals surface area contributed by atoms with Crippen LogP contribution in [0.5, 0.6) is 0 Å². The molecule has 0 heterocycles. The van der Waals surface area contributed by atoms with Gasteiger partial charge in [-0.1, -0.05) is 0 Å². The summed E-state index contributed by atoms with van der Waals surface area (Å²) in [5.74, 6) is 0.288. The number of nitrogens with two attached hydrogens (primary N) is 1. The van der Waals surface area contributed by atoms with Gasteiger partial charge in [0.25, 0.3) is 0 Å². The molecule has 0 aromatic carbocycles. The van der Waals surface area contributed by atoms with E-state index < -0.39 is 0 Å². The molecule has 4 N–H and O–H groups in total. The average Bonchev–Trinajstić information content (AvgIpc) is 2.04. The summed E-state index contributed by atoms with van der Waals surface area (Å²) in [6.07, 6.45) is 2.13. The number of guanidine groups is 1. The monoisotopic (exact) mass is 178 g/mol. The van der Waals surface area contributed by atoms with Crippen LogP contribution in [0.2, 0.25) is 0 Å². The second kappa shape index (κ2) is 7.63. The minimum absolute atomic E-state index is 0.288. The zero-order valence-corrected chi connectivity index (χ0v) is 7.49. The van der Waals surface area contributed by atoms with E-state index in [1.165, 1.54) is 0 Å². The van der Waals surface area contributed by atoms with Gasteiger partial charge in [-0.2, -0.15) is 0 Å².